The average molecular weight is 249 g/mol. The lowest BCUT2D eigenvalue weighted by Crippen LogP contribution is -2.23. The molecule has 100 valence electrons. The molecule has 0 bridgehead atoms. The summed E-state index contributed by atoms with van der Waals surface area (Å²) in [5, 5.41) is 2.91. The van der Waals surface area contributed by atoms with E-state index in [0.717, 1.165) is 11.3 Å². The van der Waals surface area contributed by atoms with Crippen LogP contribution in [0.15, 0.2) is 24.3 Å². The van der Waals surface area contributed by atoms with Crippen molar-refractivity contribution in [2.75, 3.05) is 0 Å². The van der Waals surface area contributed by atoms with Crippen molar-refractivity contribution in [3.05, 3.63) is 29.8 Å². The van der Waals surface area contributed by atoms with Crippen molar-refractivity contribution in [2.24, 2.45) is 5.92 Å². The lowest BCUT2D eigenvalue weighted by atomic mass is 10.1. The summed E-state index contributed by atoms with van der Waals surface area (Å²) in [6.45, 7) is 8.66. The van der Waals surface area contributed by atoms with Crippen LogP contribution in [0, 0.1) is 5.92 Å². The molecule has 3 heteroatoms. The van der Waals surface area contributed by atoms with Crippen LogP contribution in [0.5, 0.6) is 5.75 Å². The Balaban J connectivity index is 2.41. The predicted molar refractivity (Wildman–Crippen MR) is 73.5 cm³/mol. The second-order valence-electron chi connectivity index (χ2n) is 5.19. The van der Waals surface area contributed by atoms with Gasteiger partial charge in [-0.1, -0.05) is 26.0 Å². The Hall–Kier alpha value is -1.51. The van der Waals surface area contributed by atoms with Crippen molar-refractivity contribution in [1.82, 2.24) is 5.32 Å². The molecule has 0 fully saturated rings. The summed E-state index contributed by atoms with van der Waals surface area (Å²) < 4.78 is 5.56. The Morgan fingerprint density at radius 2 is 1.78 bits per heavy atom. The predicted octanol–water partition coefficient (Wildman–Crippen LogP) is 3.14. The summed E-state index contributed by atoms with van der Waals surface area (Å²) in [5.41, 5.74) is 1.09. The lowest BCUT2D eigenvalue weighted by Gasteiger charge is -2.11. The largest absolute Gasteiger partial charge is 0.491 e. The summed E-state index contributed by atoms with van der Waals surface area (Å²) in [7, 11) is 0. The molecule has 1 rings (SSSR count). The molecule has 1 aromatic carbocycles. The molecule has 0 aliphatic rings. The maximum atomic E-state index is 11.5. The van der Waals surface area contributed by atoms with E-state index in [0.29, 0.717) is 18.9 Å². The summed E-state index contributed by atoms with van der Waals surface area (Å²) in [6.07, 6.45) is 0.760. The molecule has 0 unspecified atom stereocenters. The van der Waals surface area contributed by atoms with Crippen LogP contribution in [-0.2, 0) is 11.3 Å². The molecule has 1 amide bonds. The van der Waals surface area contributed by atoms with Crippen LogP contribution in [0.25, 0.3) is 0 Å². The number of rotatable bonds is 6. The SMILES string of the molecule is CC(C)CC(=O)NCc1ccc(OC(C)C)cc1. The summed E-state index contributed by atoms with van der Waals surface area (Å²) in [4.78, 5) is 11.5. The van der Waals surface area contributed by atoms with Crippen molar-refractivity contribution >= 4 is 5.91 Å². The molecular formula is C15H23NO2. The highest BCUT2D eigenvalue weighted by Gasteiger charge is 2.04. The van der Waals surface area contributed by atoms with Gasteiger partial charge >= 0.3 is 0 Å². The van der Waals surface area contributed by atoms with Gasteiger partial charge in [0.15, 0.2) is 0 Å². The maximum Gasteiger partial charge on any atom is 0.220 e. The molecule has 0 saturated heterocycles. The van der Waals surface area contributed by atoms with Crippen molar-refractivity contribution in [3.8, 4) is 5.75 Å². The molecule has 1 N–H and O–H groups in total. The zero-order valence-corrected chi connectivity index (χ0v) is 11.7. The maximum absolute atomic E-state index is 11.5. The third-order valence-corrected chi connectivity index (χ3v) is 2.38. The Kier molecular flexibility index (Phi) is 5.69. The second-order valence-corrected chi connectivity index (χ2v) is 5.19. The number of carbonyl (C=O) groups is 1. The minimum absolute atomic E-state index is 0.104. The fourth-order valence-electron chi connectivity index (χ4n) is 1.60. The molecule has 0 saturated carbocycles. The smallest absolute Gasteiger partial charge is 0.220 e. The molecule has 0 aliphatic heterocycles. The fraction of sp³-hybridized carbons (Fsp3) is 0.533. The first kappa shape index (κ1) is 14.6. The monoisotopic (exact) mass is 249 g/mol. The number of hydrogen-bond acceptors (Lipinski definition) is 2. The highest BCUT2D eigenvalue weighted by Crippen LogP contribution is 2.13. The Morgan fingerprint density at radius 3 is 2.28 bits per heavy atom. The number of benzene rings is 1. The Labute approximate surface area is 110 Å². The van der Waals surface area contributed by atoms with Gasteiger partial charge in [-0.2, -0.15) is 0 Å². The van der Waals surface area contributed by atoms with Crippen LogP contribution in [0.4, 0.5) is 0 Å². The standard InChI is InChI=1S/C15H23NO2/c1-11(2)9-15(17)16-10-13-5-7-14(8-6-13)18-12(3)4/h5-8,11-12H,9-10H2,1-4H3,(H,16,17). The third kappa shape index (κ3) is 5.71. The fourth-order valence-corrected chi connectivity index (χ4v) is 1.60. The highest BCUT2D eigenvalue weighted by atomic mass is 16.5. The van der Waals surface area contributed by atoms with E-state index in [2.05, 4.69) is 5.32 Å². The summed E-state index contributed by atoms with van der Waals surface area (Å²) in [5.74, 6) is 1.36. The topological polar surface area (TPSA) is 38.3 Å². The van der Waals surface area contributed by atoms with Crippen molar-refractivity contribution in [1.29, 1.82) is 0 Å². The van der Waals surface area contributed by atoms with Gasteiger partial charge in [0.1, 0.15) is 5.75 Å². The van der Waals surface area contributed by atoms with E-state index in [-0.39, 0.29) is 12.0 Å². The van der Waals surface area contributed by atoms with Gasteiger partial charge in [0.25, 0.3) is 0 Å². The molecular weight excluding hydrogens is 226 g/mol. The van der Waals surface area contributed by atoms with Gasteiger partial charge in [-0.05, 0) is 37.5 Å². The van der Waals surface area contributed by atoms with E-state index in [1.807, 2.05) is 52.0 Å². The van der Waals surface area contributed by atoms with Crippen LogP contribution >= 0.6 is 0 Å². The van der Waals surface area contributed by atoms with Gasteiger partial charge in [-0.15, -0.1) is 0 Å². The van der Waals surface area contributed by atoms with E-state index in [1.54, 1.807) is 0 Å². The van der Waals surface area contributed by atoms with Crippen LogP contribution in [0.3, 0.4) is 0 Å². The number of carbonyl (C=O) groups excluding carboxylic acids is 1. The summed E-state index contributed by atoms with van der Waals surface area (Å²) >= 11 is 0. The van der Waals surface area contributed by atoms with Crippen LogP contribution in [0.2, 0.25) is 0 Å². The molecule has 0 atom stereocenters. The summed E-state index contributed by atoms with van der Waals surface area (Å²) in [6, 6.07) is 7.83. The number of ether oxygens (including phenoxy) is 1. The lowest BCUT2D eigenvalue weighted by molar-refractivity contribution is -0.121. The Bertz CT molecular complexity index is 369. The molecule has 3 nitrogen and oxygen atoms in total. The molecule has 0 heterocycles. The van der Waals surface area contributed by atoms with E-state index >= 15 is 0 Å². The molecule has 0 radical (unpaired) electrons. The molecule has 0 aliphatic carbocycles. The van der Waals surface area contributed by atoms with Crippen LogP contribution < -0.4 is 10.1 Å². The molecule has 1 aromatic rings. The first-order chi connectivity index (χ1) is 8.47. The number of nitrogens with one attached hydrogen (secondary N) is 1. The quantitative estimate of drug-likeness (QED) is 0.841. The average Bonchev–Trinajstić information content (AvgIpc) is 2.26. The second kappa shape index (κ2) is 7.04. The van der Waals surface area contributed by atoms with Gasteiger partial charge in [-0.25, -0.2) is 0 Å². The molecule has 0 spiro atoms. The number of amides is 1. The van der Waals surface area contributed by atoms with E-state index in [1.165, 1.54) is 0 Å². The molecule has 18 heavy (non-hydrogen) atoms. The zero-order valence-electron chi connectivity index (χ0n) is 11.7. The normalized spacial score (nSPS) is 10.8. The first-order valence-corrected chi connectivity index (χ1v) is 6.49. The Morgan fingerprint density at radius 1 is 1.17 bits per heavy atom. The van der Waals surface area contributed by atoms with Crippen molar-refractivity contribution in [3.63, 3.8) is 0 Å². The van der Waals surface area contributed by atoms with Gasteiger partial charge in [0.05, 0.1) is 6.10 Å². The van der Waals surface area contributed by atoms with E-state index in [9.17, 15) is 4.79 Å². The van der Waals surface area contributed by atoms with Crippen LogP contribution in [-0.4, -0.2) is 12.0 Å². The minimum atomic E-state index is 0.104. The number of hydrogen-bond donors (Lipinski definition) is 1. The third-order valence-electron chi connectivity index (χ3n) is 2.38. The zero-order chi connectivity index (χ0) is 13.5. The van der Waals surface area contributed by atoms with Crippen molar-refractivity contribution in [2.45, 2.75) is 46.8 Å². The highest BCUT2D eigenvalue weighted by molar-refractivity contribution is 5.76. The van der Waals surface area contributed by atoms with Gasteiger partial charge in [0, 0.05) is 13.0 Å². The van der Waals surface area contributed by atoms with Gasteiger partial charge in [-0.3, -0.25) is 4.79 Å². The minimum Gasteiger partial charge on any atom is -0.491 e. The van der Waals surface area contributed by atoms with Crippen LogP contribution in [0.1, 0.15) is 39.7 Å². The van der Waals surface area contributed by atoms with E-state index in [4.69, 9.17) is 4.74 Å². The van der Waals surface area contributed by atoms with Crippen molar-refractivity contribution < 1.29 is 9.53 Å². The van der Waals surface area contributed by atoms with Gasteiger partial charge < -0.3 is 10.1 Å². The first-order valence-electron chi connectivity index (χ1n) is 6.49. The van der Waals surface area contributed by atoms with Gasteiger partial charge in [0.2, 0.25) is 5.91 Å². The molecule has 0 aromatic heterocycles. The van der Waals surface area contributed by atoms with E-state index < -0.39 is 0 Å².